The van der Waals surface area contributed by atoms with Crippen molar-refractivity contribution in [2.24, 2.45) is 5.92 Å². The summed E-state index contributed by atoms with van der Waals surface area (Å²) in [7, 11) is 0. The van der Waals surface area contributed by atoms with E-state index in [4.69, 9.17) is 14.6 Å². The quantitative estimate of drug-likeness (QED) is 0.886. The van der Waals surface area contributed by atoms with Crippen molar-refractivity contribution in [2.45, 2.75) is 6.42 Å². The number of phenolic OH excluding ortho intramolecular Hbond substituents is 1. The van der Waals surface area contributed by atoms with Gasteiger partial charge in [-0.25, -0.2) is 4.79 Å². The highest BCUT2D eigenvalue weighted by molar-refractivity contribution is 5.90. The molecule has 0 radical (unpaired) electrons. The van der Waals surface area contributed by atoms with Gasteiger partial charge in [-0.3, -0.25) is 0 Å². The van der Waals surface area contributed by atoms with Gasteiger partial charge in [0.1, 0.15) is 11.5 Å². The number of hydrogen-bond acceptors (Lipinski definition) is 4. The molecule has 2 aromatic rings. The molecule has 3 rings (SSSR count). The molecule has 1 atom stereocenters. The van der Waals surface area contributed by atoms with E-state index >= 15 is 0 Å². The van der Waals surface area contributed by atoms with Gasteiger partial charge in [0.05, 0.1) is 18.8 Å². The fraction of sp³-hybridized carbons (Fsp3) is 0.278. The Hall–Kier alpha value is -2.53. The zero-order valence-electron chi connectivity index (χ0n) is 12.6. The number of aromatic hydroxyl groups is 1. The van der Waals surface area contributed by atoms with Gasteiger partial charge in [0.2, 0.25) is 0 Å². The second kappa shape index (κ2) is 6.71. The number of aromatic carboxylic acids is 1. The van der Waals surface area contributed by atoms with Crippen molar-refractivity contribution in [3.05, 3.63) is 48.0 Å². The minimum atomic E-state index is -1.07. The number of benzene rings is 2. The lowest BCUT2D eigenvalue weighted by Gasteiger charge is -2.11. The molecule has 0 bridgehead atoms. The van der Waals surface area contributed by atoms with E-state index in [0.717, 1.165) is 30.9 Å². The number of ether oxygens (including phenoxy) is 2. The molecule has 1 fully saturated rings. The van der Waals surface area contributed by atoms with E-state index < -0.39 is 5.97 Å². The fourth-order valence-electron chi connectivity index (χ4n) is 2.57. The van der Waals surface area contributed by atoms with Crippen molar-refractivity contribution in [3.8, 4) is 22.6 Å². The van der Waals surface area contributed by atoms with Crippen LogP contribution in [0.1, 0.15) is 16.8 Å². The summed E-state index contributed by atoms with van der Waals surface area (Å²) in [5.74, 6) is 0.0699. The smallest absolute Gasteiger partial charge is 0.335 e. The van der Waals surface area contributed by atoms with Crippen LogP contribution in [-0.2, 0) is 4.74 Å². The van der Waals surface area contributed by atoms with Crippen LogP contribution in [-0.4, -0.2) is 36.0 Å². The highest BCUT2D eigenvalue weighted by Crippen LogP contribution is 2.27. The average Bonchev–Trinajstić information content (AvgIpc) is 3.06. The van der Waals surface area contributed by atoms with Crippen LogP contribution in [0, 0.1) is 5.92 Å². The number of carbonyl (C=O) groups is 1. The molecule has 1 aliphatic heterocycles. The summed E-state index contributed by atoms with van der Waals surface area (Å²) in [6, 6.07) is 11.7. The van der Waals surface area contributed by atoms with Crippen molar-refractivity contribution < 1.29 is 24.5 Å². The summed E-state index contributed by atoms with van der Waals surface area (Å²) in [5.41, 5.74) is 1.53. The van der Waals surface area contributed by atoms with Crippen molar-refractivity contribution in [2.75, 3.05) is 19.8 Å². The summed E-state index contributed by atoms with van der Waals surface area (Å²) < 4.78 is 11.1. The Balaban J connectivity index is 1.72. The van der Waals surface area contributed by atoms with Crippen LogP contribution in [0.25, 0.3) is 11.1 Å². The Morgan fingerprint density at radius 2 is 1.96 bits per heavy atom. The number of carboxylic acid groups (broad SMARTS) is 1. The summed E-state index contributed by atoms with van der Waals surface area (Å²) in [6.45, 7) is 2.18. The van der Waals surface area contributed by atoms with Crippen molar-refractivity contribution in [3.63, 3.8) is 0 Å². The van der Waals surface area contributed by atoms with Gasteiger partial charge in [0.15, 0.2) is 0 Å². The molecule has 120 valence electrons. The number of carboxylic acids is 1. The van der Waals surface area contributed by atoms with E-state index in [0.29, 0.717) is 18.1 Å². The predicted octanol–water partition coefficient (Wildman–Crippen LogP) is 3.17. The third-order valence-electron chi connectivity index (χ3n) is 3.86. The normalized spacial score (nSPS) is 17.1. The highest BCUT2D eigenvalue weighted by Gasteiger charge is 2.16. The summed E-state index contributed by atoms with van der Waals surface area (Å²) in [5, 5.41) is 18.7. The molecule has 5 heteroatoms. The summed E-state index contributed by atoms with van der Waals surface area (Å²) in [6.07, 6.45) is 1.03. The van der Waals surface area contributed by atoms with Gasteiger partial charge in [0.25, 0.3) is 0 Å². The molecule has 1 unspecified atom stereocenters. The number of phenols is 1. The van der Waals surface area contributed by atoms with E-state index in [1.807, 2.05) is 24.3 Å². The Kier molecular flexibility index (Phi) is 4.48. The van der Waals surface area contributed by atoms with E-state index in [2.05, 4.69) is 0 Å². The van der Waals surface area contributed by atoms with Crippen LogP contribution in [0.4, 0.5) is 0 Å². The Bertz CT molecular complexity index is 687. The second-order valence-electron chi connectivity index (χ2n) is 5.64. The molecule has 23 heavy (non-hydrogen) atoms. The Labute approximate surface area is 134 Å². The van der Waals surface area contributed by atoms with Crippen LogP contribution < -0.4 is 4.74 Å². The van der Waals surface area contributed by atoms with Gasteiger partial charge in [0, 0.05) is 12.5 Å². The molecule has 0 saturated carbocycles. The van der Waals surface area contributed by atoms with Gasteiger partial charge in [-0.1, -0.05) is 12.1 Å². The van der Waals surface area contributed by atoms with Crippen LogP contribution in [0.3, 0.4) is 0 Å². The molecular formula is C18H18O5. The van der Waals surface area contributed by atoms with Crippen LogP contribution >= 0.6 is 0 Å². The van der Waals surface area contributed by atoms with Crippen LogP contribution in [0.5, 0.6) is 11.5 Å². The molecule has 0 amide bonds. The highest BCUT2D eigenvalue weighted by atomic mass is 16.5. The Morgan fingerprint density at radius 1 is 1.17 bits per heavy atom. The monoisotopic (exact) mass is 314 g/mol. The number of hydrogen-bond donors (Lipinski definition) is 2. The number of rotatable bonds is 5. The topological polar surface area (TPSA) is 76.0 Å². The van der Waals surface area contributed by atoms with Crippen molar-refractivity contribution in [1.82, 2.24) is 0 Å². The SMILES string of the molecule is O=C(O)c1cc(O)cc(-c2ccc(OCC3CCOC3)cc2)c1. The molecule has 0 aromatic heterocycles. The zero-order valence-corrected chi connectivity index (χ0v) is 12.6. The van der Waals surface area contributed by atoms with Gasteiger partial charge in [-0.05, 0) is 47.9 Å². The largest absolute Gasteiger partial charge is 0.508 e. The van der Waals surface area contributed by atoms with Crippen LogP contribution in [0.15, 0.2) is 42.5 Å². The van der Waals surface area contributed by atoms with Crippen molar-refractivity contribution >= 4 is 5.97 Å². The molecule has 2 N–H and O–H groups in total. The maximum Gasteiger partial charge on any atom is 0.335 e. The lowest BCUT2D eigenvalue weighted by molar-refractivity contribution is 0.0696. The van der Waals surface area contributed by atoms with E-state index in [1.54, 1.807) is 0 Å². The van der Waals surface area contributed by atoms with Crippen molar-refractivity contribution in [1.29, 1.82) is 0 Å². The lowest BCUT2D eigenvalue weighted by atomic mass is 10.0. The molecule has 2 aromatic carbocycles. The summed E-state index contributed by atoms with van der Waals surface area (Å²) in [4.78, 5) is 11.1. The molecular weight excluding hydrogens is 296 g/mol. The molecule has 1 aliphatic rings. The predicted molar refractivity (Wildman–Crippen MR) is 84.9 cm³/mol. The standard InChI is InChI=1S/C18H18O5/c19-16-8-14(7-15(9-16)18(20)21)13-1-3-17(4-2-13)23-11-12-5-6-22-10-12/h1-4,7-9,12,19H,5-6,10-11H2,(H,20,21). The minimum Gasteiger partial charge on any atom is -0.508 e. The van der Waals surface area contributed by atoms with Gasteiger partial charge < -0.3 is 19.7 Å². The van der Waals surface area contributed by atoms with E-state index in [9.17, 15) is 9.90 Å². The first-order chi connectivity index (χ1) is 11.1. The average molecular weight is 314 g/mol. The van der Waals surface area contributed by atoms with Gasteiger partial charge >= 0.3 is 5.97 Å². The summed E-state index contributed by atoms with van der Waals surface area (Å²) >= 11 is 0. The maximum absolute atomic E-state index is 11.1. The van der Waals surface area contributed by atoms with E-state index in [1.165, 1.54) is 18.2 Å². The van der Waals surface area contributed by atoms with E-state index in [-0.39, 0.29) is 11.3 Å². The minimum absolute atomic E-state index is 0.0570. The van der Waals surface area contributed by atoms with Gasteiger partial charge in [-0.15, -0.1) is 0 Å². The lowest BCUT2D eigenvalue weighted by Crippen LogP contribution is -2.11. The van der Waals surface area contributed by atoms with Gasteiger partial charge in [-0.2, -0.15) is 0 Å². The molecule has 0 spiro atoms. The molecule has 5 nitrogen and oxygen atoms in total. The molecule has 1 heterocycles. The zero-order chi connectivity index (χ0) is 16.2. The third-order valence-corrected chi connectivity index (χ3v) is 3.86. The first-order valence-electron chi connectivity index (χ1n) is 7.50. The van der Waals surface area contributed by atoms with Crippen LogP contribution in [0.2, 0.25) is 0 Å². The first kappa shape index (κ1) is 15.4. The fourth-order valence-corrected chi connectivity index (χ4v) is 2.57. The maximum atomic E-state index is 11.1. The molecule has 1 saturated heterocycles. The third kappa shape index (κ3) is 3.81. The Morgan fingerprint density at radius 3 is 2.61 bits per heavy atom. The first-order valence-corrected chi connectivity index (χ1v) is 7.50. The second-order valence-corrected chi connectivity index (χ2v) is 5.64. The molecule has 0 aliphatic carbocycles.